The van der Waals surface area contributed by atoms with Crippen LogP contribution in [0.25, 0.3) is 0 Å². The van der Waals surface area contributed by atoms with E-state index in [9.17, 15) is 4.79 Å². The summed E-state index contributed by atoms with van der Waals surface area (Å²) in [5.74, 6) is 0.250. The Kier molecular flexibility index (Phi) is 3.23. The van der Waals surface area contributed by atoms with Crippen LogP contribution in [0.3, 0.4) is 0 Å². The smallest absolute Gasteiger partial charge is 0.146 e. The minimum atomic E-state index is 0.0848. The predicted octanol–water partition coefficient (Wildman–Crippen LogP) is 0.685. The van der Waals surface area contributed by atoms with Crippen molar-refractivity contribution in [3.05, 3.63) is 0 Å². The Morgan fingerprint density at radius 1 is 1.67 bits per heavy atom. The molecule has 1 fully saturated rings. The van der Waals surface area contributed by atoms with E-state index in [4.69, 9.17) is 4.74 Å². The van der Waals surface area contributed by atoms with Crippen molar-refractivity contribution >= 4 is 5.78 Å². The van der Waals surface area contributed by atoms with Gasteiger partial charge < -0.3 is 4.74 Å². The van der Waals surface area contributed by atoms with Crippen LogP contribution in [0.5, 0.6) is 0 Å². The largest absolute Gasteiger partial charge is 0.377 e. The van der Waals surface area contributed by atoms with Gasteiger partial charge in [0.2, 0.25) is 0 Å². The van der Waals surface area contributed by atoms with Crippen LogP contribution in [0.4, 0.5) is 0 Å². The lowest BCUT2D eigenvalue weighted by Crippen LogP contribution is -2.30. The lowest BCUT2D eigenvalue weighted by atomic mass is 10.1. The van der Waals surface area contributed by atoms with Crippen LogP contribution >= 0.6 is 0 Å². The van der Waals surface area contributed by atoms with Crippen molar-refractivity contribution in [2.45, 2.75) is 32.4 Å². The average molecular weight is 171 g/mol. The molecule has 1 heterocycles. The fraction of sp³-hybridized carbons (Fsp3) is 0.889. The number of ether oxygens (including phenoxy) is 1. The van der Waals surface area contributed by atoms with Gasteiger partial charge in [-0.2, -0.15) is 0 Å². The molecule has 1 rings (SSSR count). The summed E-state index contributed by atoms with van der Waals surface area (Å²) < 4.78 is 5.46. The molecule has 3 nitrogen and oxygen atoms in total. The maximum atomic E-state index is 11.1. The lowest BCUT2D eigenvalue weighted by molar-refractivity contribution is -0.120. The molecule has 2 atom stereocenters. The summed E-state index contributed by atoms with van der Waals surface area (Å²) in [6, 6.07) is 0.0848. The van der Waals surface area contributed by atoms with Gasteiger partial charge in [0.25, 0.3) is 0 Å². The molecule has 0 spiro atoms. The van der Waals surface area contributed by atoms with Gasteiger partial charge in [-0.3, -0.25) is 9.69 Å². The van der Waals surface area contributed by atoms with E-state index in [1.54, 1.807) is 6.92 Å². The molecule has 12 heavy (non-hydrogen) atoms. The molecule has 3 heteroatoms. The average Bonchev–Trinajstić information content (AvgIpc) is 2.32. The van der Waals surface area contributed by atoms with Crippen LogP contribution in [-0.4, -0.2) is 43.0 Å². The van der Waals surface area contributed by atoms with Gasteiger partial charge in [-0.25, -0.2) is 0 Å². The Hall–Kier alpha value is -0.410. The fourth-order valence-corrected chi connectivity index (χ4v) is 1.78. The summed E-state index contributed by atoms with van der Waals surface area (Å²) >= 11 is 0. The molecule has 0 aliphatic carbocycles. The van der Waals surface area contributed by atoms with E-state index in [1.807, 2.05) is 14.0 Å². The number of rotatable bonds is 3. The second kappa shape index (κ2) is 4.01. The summed E-state index contributed by atoms with van der Waals surface area (Å²) in [7, 11) is 1.98. The van der Waals surface area contributed by atoms with Gasteiger partial charge in [0.1, 0.15) is 5.78 Å². The normalized spacial score (nSPS) is 30.9. The number of carbonyl (C=O) groups is 1. The zero-order valence-corrected chi connectivity index (χ0v) is 8.04. The number of likely N-dealkylation sites (tertiary alicyclic amines) is 1. The van der Waals surface area contributed by atoms with Crippen LogP contribution in [0.2, 0.25) is 0 Å². The Morgan fingerprint density at radius 3 is 2.75 bits per heavy atom. The van der Waals surface area contributed by atoms with E-state index >= 15 is 0 Å². The molecule has 70 valence electrons. The molecular formula is C9H17NO2. The van der Waals surface area contributed by atoms with Crippen LogP contribution in [0.1, 0.15) is 20.3 Å². The molecule has 0 bridgehead atoms. The van der Waals surface area contributed by atoms with Crippen molar-refractivity contribution in [2.75, 3.05) is 20.2 Å². The summed E-state index contributed by atoms with van der Waals surface area (Å²) in [5.41, 5.74) is 0. The number of nitrogens with zero attached hydrogens (tertiary/aromatic N) is 1. The van der Waals surface area contributed by atoms with Crippen molar-refractivity contribution < 1.29 is 9.53 Å². The van der Waals surface area contributed by atoms with Gasteiger partial charge in [-0.1, -0.05) is 0 Å². The first-order valence-corrected chi connectivity index (χ1v) is 4.47. The monoisotopic (exact) mass is 171 g/mol. The number of carbonyl (C=O) groups excluding carboxylic acids is 1. The molecule has 0 radical (unpaired) electrons. The number of hydrogen-bond acceptors (Lipinski definition) is 3. The summed E-state index contributed by atoms with van der Waals surface area (Å²) in [6.45, 7) is 5.26. The molecule has 0 saturated carbocycles. The molecule has 0 amide bonds. The molecule has 0 unspecified atom stereocenters. The van der Waals surface area contributed by atoms with E-state index in [0.717, 1.165) is 19.6 Å². The molecule has 1 aliphatic rings. The Labute approximate surface area is 73.7 Å². The standard InChI is InChI=1S/C9H17NO2/c1-4-12-8-5-9(7(2)11)10(3)6-8/h8-9H,4-6H2,1-3H3/t8-,9+/m1/s1. The van der Waals surface area contributed by atoms with E-state index in [1.165, 1.54) is 0 Å². The summed E-state index contributed by atoms with van der Waals surface area (Å²) in [6.07, 6.45) is 1.12. The van der Waals surface area contributed by atoms with Gasteiger partial charge >= 0.3 is 0 Å². The SMILES string of the molecule is CCO[C@@H]1C[C@@H](C(C)=O)N(C)C1. The first kappa shape index (κ1) is 9.68. The third kappa shape index (κ3) is 2.05. The van der Waals surface area contributed by atoms with Gasteiger partial charge in [0.05, 0.1) is 12.1 Å². The van der Waals surface area contributed by atoms with Gasteiger partial charge in [-0.05, 0) is 27.3 Å². The first-order valence-electron chi connectivity index (χ1n) is 4.47. The molecule has 0 aromatic rings. The van der Waals surface area contributed by atoms with Crippen molar-refractivity contribution in [3.63, 3.8) is 0 Å². The Bertz CT molecular complexity index is 170. The van der Waals surface area contributed by atoms with Crippen molar-refractivity contribution in [2.24, 2.45) is 0 Å². The van der Waals surface area contributed by atoms with Gasteiger partial charge in [0.15, 0.2) is 0 Å². The Morgan fingerprint density at radius 2 is 2.33 bits per heavy atom. The Balaban J connectivity index is 2.44. The number of Topliss-reactive ketones (excluding diaryl/α,β-unsaturated/α-hetero) is 1. The maximum absolute atomic E-state index is 11.1. The number of ketones is 1. The second-order valence-corrected chi connectivity index (χ2v) is 3.38. The second-order valence-electron chi connectivity index (χ2n) is 3.38. The molecular weight excluding hydrogens is 154 g/mol. The molecule has 0 aromatic heterocycles. The minimum Gasteiger partial charge on any atom is -0.377 e. The lowest BCUT2D eigenvalue weighted by Gasteiger charge is -2.14. The first-order chi connectivity index (χ1) is 5.65. The van der Waals surface area contributed by atoms with E-state index in [2.05, 4.69) is 4.90 Å². The topological polar surface area (TPSA) is 29.5 Å². The zero-order chi connectivity index (χ0) is 9.14. The predicted molar refractivity (Wildman–Crippen MR) is 47.1 cm³/mol. The van der Waals surface area contributed by atoms with E-state index in [-0.39, 0.29) is 17.9 Å². The van der Waals surface area contributed by atoms with E-state index < -0.39 is 0 Å². The quantitative estimate of drug-likeness (QED) is 0.625. The molecule has 0 N–H and O–H groups in total. The zero-order valence-electron chi connectivity index (χ0n) is 8.04. The van der Waals surface area contributed by atoms with Crippen molar-refractivity contribution in [1.82, 2.24) is 4.90 Å². The number of hydrogen-bond donors (Lipinski definition) is 0. The molecule has 0 aromatic carbocycles. The maximum Gasteiger partial charge on any atom is 0.146 e. The third-order valence-corrected chi connectivity index (χ3v) is 2.38. The highest BCUT2D eigenvalue weighted by atomic mass is 16.5. The van der Waals surface area contributed by atoms with Gasteiger partial charge in [-0.15, -0.1) is 0 Å². The van der Waals surface area contributed by atoms with Crippen LogP contribution < -0.4 is 0 Å². The summed E-state index contributed by atoms with van der Waals surface area (Å²) in [5, 5.41) is 0. The molecule has 1 saturated heterocycles. The molecule has 1 aliphatic heterocycles. The van der Waals surface area contributed by atoms with Gasteiger partial charge in [0, 0.05) is 13.2 Å². The van der Waals surface area contributed by atoms with Crippen molar-refractivity contribution in [3.8, 4) is 0 Å². The highest BCUT2D eigenvalue weighted by Crippen LogP contribution is 2.18. The summed E-state index contributed by atoms with van der Waals surface area (Å²) in [4.78, 5) is 13.2. The minimum absolute atomic E-state index is 0.0848. The number of likely N-dealkylation sites (N-methyl/N-ethyl adjacent to an activating group) is 1. The van der Waals surface area contributed by atoms with Crippen molar-refractivity contribution in [1.29, 1.82) is 0 Å². The van der Waals surface area contributed by atoms with E-state index in [0.29, 0.717) is 0 Å². The fourth-order valence-electron chi connectivity index (χ4n) is 1.78. The van der Waals surface area contributed by atoms with Crippen LogP contribution in [0.15, 0.2) is 0 Å². The van der Waals surface area contributed by atoms with Crippen LogP contribution in [0, 0.1) is 0 Å². The third-order valence-electron chi connectivity index (χ3n) is 2.38. The highest BCUT2D eigenvalue weighted by Gasteiger charge is 2.32. The highest BCUT2D eigenvalue weighted by molar-refractivity contribution is 5.81. The van der Waals surface area contributed by atoms with Crippen LogP contribution in [-0.2, 0) is 9.53 Å².